The minimum atomic E-state index is 0.569. The quantitative estimate of drug-likeness (QED) is 0.715. The fourth-order valence-electron chi connectivity index (χ4n) is 1.58. The zero-order chi connectivity index (χ0) is 9.97. The Hall–Kier alpha value is -1.42. The maximum Gasteiger partial charge on any atom is 0.142 e. The Morgan fingerprint density at radius 2 is 2.43 bits per heavy atom. The first kappa shape index (κ1) is 9.15. The summed E-state index contributed by atoms with van der Waals surface area (Å²) in [7, 11) is 1.68. The number of rotatable bonds is 2. The van der Waals surface area contributed by atoms with Gasteiger partial charge in [-0.1, -0.05) is 0 Å². The monoisotopic (exact) mass is 194 g/mol. The van der Waals surface area contributed by atoms with Crippen LogP contribution in [0.2, 0.25) is 0 Å². The van der Waals surface area contributed by atoms with E-state index < -0.39 is 0 Å². The predicted molar refractivity (Wildman–Crippen MR) is 55.6 cm³/mol. The third-order valence-electron chi connectivity index (χ3n) is 2.23. The summed E-state index contributed by atoms with van der Waals surface area (Å²) >= 11 is 0. The molecule has 0 spiro atoms. The number of methoxy groups -OCH3 is 1. The van der Waals surface area contributed by atoms with Gasteiger partial charge in [0.25, 0.3) is 0 Å². The SMILES string of the molecule is COCN1CCOc2ccc(N)cc21. The van der Waals surface area contributed by atoms with Crippen molar-refractivity contribution in [2.45, 2.75) is 0 Å². The van der Waals surface area contributed by atoms with Crippen molar-refractivity contribution in [3.63, 3.8) is 0 Å². The summed E-state index contributed by atoms with van der Waals surface area (Å²) in [6, 6.07) is 5.65. The minimum Gasteiger partial charge on any atom is -0.490 e. The van der Waals surface area contributed by atoms with Crippen LogP contribution in [0.1, 0.15) is 0 Å². The van der Waals surface area contributed by atoms with Gasteiger partial charge in [-0.2, -0.15) is 0 Å². The molecule has 76 valence electrons. The number of hydrogen-bond acceptors (Lipinski definition) is 4. The van der Waals surface area contributed by atoms with Gasteiger partial charge in [0.2, 0.25) is 0 Å². The van der Waals surface area contributed by atoms with Crippen LogP contribution in [0.4, 0.5) is 11.4 Å². The summed E-state index contributed by atoms with van der Waals surface area (Å²) in [5.74, 6) is 0.877. The molecule has 4 nitrogen and oxygen atoms in total. The first-order chi connectivity index (χ1) is 6.81. The van der Waals surface area contributed by atoms with Crippen LogP contribution in [-0.2, 0) is 4.74 Å². The average molecular weight is 194 g/mol. The largest absolute Gasteiger partial charge is 0.490 e. The fraction of sp³-hybridized carbons (Fsp3) is 0.400. The highest BCUT2D eigenvalue weighted by molar-refractivity contribution is 5.65. The van der Waals surface area contributed by atoms with Crippen molar-refractivity contribution < 1.29 is 9.47 Å². The molecule has 0 radical (unpaired) electrons. The van der Waals surface area contributed by atoms with E-state index in [2.05, 4.69) is 4.90 Å². The van der Waals surface area contributed by atoms with Crippen molar-refractivity contribution in [2.24, 2.45) is 0 Å². The maximum absolute atomic E-state index is 5.72. The first-order valence-corrected chi connectivity index (χ1v) is 4.57. The van der Waals surface area contributed by atoms with Crippen molar-refractivity contribution in [2.75, 3.05) is 37.6 Å². The van der Waals surface area contributed by atoms with Crippen LogP contribution in [-0.4, -0.2) is 27.0 Å². The Morgan fingerprint density at radius 3 is 3.21 bits per heavy atom. The molecule has 0 amide bonds. The normalized spacial score (nSPS) is 14.8. The van der Waals surface area contributed by atoms with Gasteiger partial charge in [-0.15, -0.1) is 0 Å². The van der Waals surface area contributed by atoms with Crippen molar-refractivity contribution in [3.8, 4) is 5.75 Å². The number of fused-ring (bicyclic) bond motifs is 1. The molecule has 14 heavy (non-hydrogen) atoms. The lowest BCUT2D eigenvalue weighted by Crippen LogP contribution is -2.34. The van der Waals surface area contributed by atoms with Gasteiger partial charge in [0, 0.05) is 12.8 Å². The zero-order valence-corrected chi connectivity index (χ0v) is 8.19. The lowest BCUT2D eigenvalue weighted by atomic mass is 10.2. The third-order valence-corrected chi connectivity index (χ3v) is 2.23. The van der Waals surface area contributed by atoms with E-state index in [0.29, 0.717) is 13.3 Å². The second-order valence-electron chi connectivity index (χ2n) is 3.26. The van der Waals surface area contributed by atoms with Crippen LogP contribution in [0.15, 0.2) is 18.2 Å². The molecular formula is C10H14N2O2. The summed E-state index contributed by atoms with van der Waals surface area (Å²) in [5, 5.41) is 0. The summed E-state index contributed by atoms with van der Waals surface area (Å²) in [5.41, 5.74) is 7.48. The lowest BCUT2D eigenvalue weighted by molar-refractivity contribution is 0.184. The van der Waals surface area contributed by atoms with Crippen molar-refractivity contribution in [1.82, 2.24) is 0 Å². The van der Waals surface area contributed by atoms with Crippen LogP contribution < -0.4 is 15.4 Å². The summed E-state index contributed by atoms with van der Waals surface area (Å²) < 4.78 is 10.6. The summed E-state index contributed by atoms with van der Waals surface area (Å²) in [4.78, 5) is 2.11. The molecule has 0 fully saturated rings. The molecule has 0 saturated heterocycles. The predicted octanol–water partition coefficient (Wildman–Crippen LogP) is 1.07. The standard InChI is InChI=1S/C10H14N2O2/c1-13-7-12-4-5-14-10-3-2-8(11)6-9(10)12/h2-3,6H,4-5,7,11H2,1H3. The molecule has 0 atom stereocenters. The van der Waals surface area contributed by atoms with Crippen molar-refractivity contribution in [3.05, 3.63) is 18.2 Å². The third kappa shape index (κ3) is 1.61. The number of hydrogen-bond donors (Lipinski definition) is 1. The molecule has 1 aromatic rings. The second kappa shape index (κ2) is 3.75. The maximum atomic E-state index is 5.72. The van der Waals surface area contributed by atoms with Crippen LogP contribution in [0.25, 0.3) is 0 Å². The van der Waals surface area contributed by atoms with Crippen molar-refractivity contribution >= 4 is 11.4 Å². The van der Waals surface area contributed by atoms with E-state index in [1.165, 1.54) is 0 Å². The van der Waals surface area contributed by atoms with E-state index in [0.717, 1.165) is 23.7 Å². The molecule has 0 saturated carbocycles. The van der Waals surface area contributed by atoms with Crippen LogP contribution >= 0.6 is 0 Å². The van der Waals surface area contributed by atoms with E-state index in [1.54, 1.807) is 7.11 Å². The molecule has 0 bridgehead atoms. The topological polar surface area (TPSA) is 47.7 Å². The number of benzene rings is 1. The van der Waals surface area contributed by atoms with Gasteiger partial charge in [-0.3, -0.25) is 0 Å². The minimum absolute atomic E-state index is 0.569. The number of nitrogens with zero attached hydrogens (tertiary/aromatic N) is 1. The van der Waals surface area contributed by atoms with E-state index in [-0.39, 0.29) is 0 Å². The van der Waals surface area contributed by atoms with Crippen LogP contribution in [0, 0.1) is 0 Å². The van der Waals surface area contributed by atoms with E-state index >= 15 is 0 Å². The molecular weight excluding hydrogens is 180 g/mol. The Balaban J connectivity index is 2.32. The molecule has 4 heteroatoms. The van der Waals surface area contributed by atoms with Gasteiger partial charge in [-0.05, 0) is 18.2 Å². The molecule has 0 aromatic heterocycles. The molecule has 2 N–H and O–H groups in total. The summed E-state index contributed by atoms with van der Waals surface area (Å²) in [6.45, 7) is 2.10. The Kier molecular flexibility index (Phi) is 2.45. The molecule has 1 aliphatic heterocycles. The Morgan fingerprint density at radius 1 is 1.57 bits per heavy atom. The molecule has 0 aliphatic carbocycles. The van der Waals surface area contributed by atoms with Gasteiger partial charge in [-0.25, -0.2) is 0 Å². The van der Waals surface area contributed by atoms with Gasteiger partial charge < -0.3 is 20.1 Å². The second-order valence-corrected chi connectivity index (χ2v) is 3.26. The van der Waals surface area contributed by atoms with Gasteiger partial charge in [0.15, 0.2) is 0 Å². The Labute approximate surface area is 83.2 Å². The van der Waals surface area contributed by atoms with E-state index in [1.807, 2.05) is 18.2 Å². The van der Waals surface area contributed by atoms with Crippen LogP contribution in [0.3, 0.4) is 0 Å². The highest BCUT2D eigenvalue weighted by atomic mass is 16.5. The zero-order valence-electron chi connectivity index (χ0n) is 8.19. The molecule has 2 rings (SSSR count). The van der Waals surface area contributed by atoms with E-state index in [4.69, 9.17) is 15.2 Å². The highest BCUT2D eigenvalue weighted by Gasteiger charge is 2.17. The number of nitrogen functional groups attached to an aromatic ring is 1. The van der Waals surface area contributed by atoms with Gasteiger partial charge >= 0.3 is 0 Å². The lowest BCUT2D eigenvalue weighted by Gasteiger charge is -2.30. The molecule has 1 aromatic carbocycles. The average Bonchev–Trinajstić information content (AvgIpc) is 2.19. The molecule has 1 heterocycles. The molecule has 1 aliphatic rings. The molecule has 0 unspecified atom stereocenters. The Bertz CT molecular complexity index is 328. The van der Waals surface area contributed by atoms with Crippen LogP contribution in [0.5, 0.6) is 5.75 Å². The fourth-order valence-corrected chi connectivity index (χ4v) is 1.58. The van der Waals surface area contributed by atoms with Gasteiger partial charge in [0.05, 0.1) is 12.2 Å². The first-order valence-electron chi connectivity index (χ1n) is 4.57. The number of ether oxygens (including phenoxy) is 2. The van der Waals surface area contributed by atoms with Crippen molar-refractivity contribution in [1.29, 1.82) is 0 Å². The van der Waals surface area contributed by atoms with Gasteiger partial charge in [0.1, 0.15) is 19.1 Å². The summed E-state index contributed by atoms with van der Waals surface area (Å²) in [6.07, 6.45) is 0. The highest BCUT2D eigenvalue weighted by Crippen LogP contribution is 2.32. The smallest absolute Gasteiger partial charge is 0.142 e. The van der Waals surface area contributed by atoms with E-state index in [9.17, 15) is 0 Å². The number of anilines is 2. The number of nitrogens with two attached hydrogens (primary N) is 1.